The van der Waals surface area contributed by atoms with Crippen LogP contribution in [0.15, 0.2) is 41.2 Å². The number of imidazole rings is 1. The number of piperidine rings is 1. The highest BCUT2D eigenvalue weighted by atomic mass is 35.5. The molecular formula is C24H25Cl2N5O4. The maximum Gasteiger partial charge on any atom is 0.339 e. The van der Waals surface area contributed by atoms with Crippen LogP contribution in [0.1, 0.15) is 28.8 Å². The molecule has 1 fully saturated rings. The van der Waals surface area contributed by atoms with Gasteiger partial charge in [-0.1, -0.05) is 29.8 Å². The van der Waals surface area contributed by atoms with E-state index in [4.69, 9.17) is 22.3 Å². The van der Waals surface area contributed by atoms with E-state index in [2.05, 4.69) is 4.90 Å². The maximum absolute atomic E-state index is 13.6. The monoisotopic (exact) mass is 517 g/mol. The number of anilines is 1. The van der Waals surface area contributed by atoms with Crippen LogP contribution in [-0.2, 0) is 13.6 Å². The summed E-state index contributed by atoms with van der Waals surface area (Å²) in [5.74, 6) is -1.15. The van der Waals surface area contributed by atoms with Crippen molar-refractivity contribution in [2.24, 2.45) is 12.8 Å². The van der Waals surface area contributed by atoms with Gasteiger partial charge in [0, 0.05) is 36.6 Å². The molecule has 4 N–H and O–H groups in total. The Morgan fingerprint density at radius 3 is 2.66 bits per heavy atom. The average molecular weight is 518 g/mol. The molecule has 0 aliphatic carbocycles. The fourth-order valence-corrected chi connectivity index (χ4v) is 4.96. The van der Waals surface area contributed by atoms with Crippen LogP contribution in [0.4, 0.5) is 5.95 Å². The molecule has 0 saturated carbocycles. The highest BCUT2D eigenvalue weighted by molar-refractivity contribution is 6.31. The Balaban J connectivity index is 0.00000289. The molecule has 3 heterocycles. The number of carbonyl (C=O) groups is 1. The third-order valence-electron chi connectivity index (χ3n) is 6.45. The molecule has 1 atom stereocenters. The van der Waals surface area contributed by atoms with E-state index >= 15 is 0 Å². The lowest BCUT2D eigenvalue weighted by Crippen LogP contribution is -2.44. The Bertz CT molecular complexity index is 1510. The molecule has 2 aromatic heterocycles. The normalized spacial score (nSPS) is 16.0. The lowest BCUT2D eigenvalue weighted by molar-refractivity contribution is 0.0694. The van der Waals surface area contributed by atoms with E-state index in [1.165, 1.54) is 17.7 Å². The van der Waals surface area contributed by atoms with Gasteiger partial charge >= 0.3 is 5.97 Å². The maximum atomic E-state index is 13.6. The van der Waals surface area contributed by atoms with Crippen LogP contribution in [-0.4, -0.2) is 49.4 Å². The van der Waals surface area contributed by atoms with Crippen molar-refractivity contribution in [1.82, 2.24) is 14.1 Å². The molecule has 0 amide bonds. The van der Waals surface area contributed by atoms with Gasteiger partial charge in [0.1, 0.15) is 16.6 Å². The lowest BCUT2D eigenvalue weighted by Gasteiger charge is -2.32. The average Bonchev–Trinajstić information content (AvgIpc) is 3.18. The number of fused-ring (bicyclic) bond motifs is 3. The van der Waals surface area contributed by atoms with Gasteiger partial charge < -0.3 is 30.0 Å². The van der Waals surface area contributed by atoms with Crippen molar-refractivity contribution in [2.75, 3.05) is 18.0 Å². The Kier molecular flexibility index (Phi) is 6.68. The molecule has 1 aliphatic rings. The van der Waals surface area contributed by atoms with Crippen molar-refractivity contribution in [3.63, 3.8) is 0 Å². The van der Waals surface area contributed by atoms with Crippen LogP contribution in [0.2, 0.25) is 5.02 Å². The van der Waals surface area contributed by atoms with E-state index in [-0.39, 0.29) is 29.5 Å². The molecule has 35 heavy (non-hydrogen) atoms. The highest BCUT2D eigenvalue weighted by Crippen LogP contribution is 2.34. The fraction of sp³-hybridized carbons (Fsp3) is 0.292. The van der Waals surface area contributed by atoms with Crippen molar-refractivity contribution in [3.05, 3.63) is 62.9 Å². The fourth-order valence-electron chi connectivity index (χ4n) is 4.77. The first-order valence-corrected chi connectivity index (χ1v) is 11.4. The lowest BCUT2D eigenvalue weighted by atomic mass is 10.1. The van der Waals surface area contributed by atoms with Crippen molar-refractivity contribution in [1.29, 1.82) is 0 Å². The summed E-state index contributed by atoms with van der Waals surface area (Å²) in [4.78, 5) is 32.1. The van der Waals surface area contributed by atoms with E-state index in [9.17, 15) is 19.8 Å². The van der Waals surface area contributed by atoms with E-state index in [1.807, 2.05) is 22.8 Å². The number of pyridine rings is 1. The summed E-state index contributed by atoms with van der Waals surface area (Å²) in [6.07, 6.45) is 1.82. The first-order valence-electron chi connectivity index (χ1n) is 11.0. The van der Waals surface area contributed by atoms with E-state index < -0.39 is 17.3 Å². The molecule has 184 valence electrons. The highest BCUT2D eigenvalue weighted by Gasteiger charge is 2.27. The number of hydrogen-bond donors (Lipinski definition) is 3. The Morgan fingerprint density at radius 2 is 1.97 bits per heavy atom. The van der Waals surface area contributed by atoms with Crippen molar-refractivity contribution >= 4 is 57.9 Å². The zero-order chi connectivity index (χ0) is 24.1. The quantitative estimate of drug-likeness (QED) is 0.378. The number of aromatic carboxylic acids is 1. The second-order valence-corrected chi connectivity index (χ2v) is 9.07. The third-order valence-corrected chi connectivity index (χ3v) is 6.82. The van der Waals surface area contributed by atoms with Crippen molar-refractivity contribution in [2.45, 2.75) is 25.4 Å². The summed E-state index contributed by atoms with van der Waals surface area (Å²) in [7, 11) is 1.51. The number of carboxylic acids is 1. The van der Waals surface area contributed by atoms with Crippen LogP contribution >= 0.6 is 24.0 Å². The molecule has 0 radical (unpaired) electrons. The molecule has 2 aromatic carbocycles. The minimum atomic E-state index is -1.28. The number of nitrogens with two attached hydrogens (primary N) is 1. The number of phenols is 1. The molecule has 1 aliphatic heterocycles. The third kappa shape index (κ3) is 4.09. The van der Waals surface area contributed by atoms with Crippen LogP contribution < -0.4 is 16.2 Å². The minimum Gasteiger partial charge on any atom is -0.505 e. The van der Waals surface area contributed by atoms with Crippen molar-refractivity contribution < 1.29 is 15.0 Å². The Morgan fingerprint density at radius 1 is 1.23 bits per heavy atom. The minimum absolute atomic E-state index is 0. The Labute approximate surface area is 211 Å². The zero-order valence-corrected chi connectivity index (χ0v) is 20.5. The van der Waals surface area contributed by atoms with E-state index in [0.717, 1.165) is 24.9 Å². The number of benzene rings is 2. The largest absolute Gasteiger partial charge is 0.505 e. The summed E-state index contributed by atoms with van der Waals surface area (Å²) in [5, 5.41) is 21.2. The summed E-state index contributed by atoms with van der Waals surface area (Å²) in [6, 6.07) is 10.3. The first-order chi connectivity index (χ1) is 16.3. The summed E-state index contributed by atoms with van der Waals surface area (Å²) in [6.45, 7) is 1.65. The number of hydrogen-bond acceptors (Lipinski definition) is 6. The van der Waals surface area contributed by atoms with Crippen LogP contribution in [0, 0.1) is 0 Å². The van der Waals surface area contributed by atoms with Gasteiger partial charge in [0.05, 0.1) is 12.1 Å². The summed E-state index contributed by atoms with van der Waals surface area (Å²) in [5.41, 5.74) is 7.27. The number of rotatable bonds is 4. The van der Waals surface area contributed by atoms with Crippen LogP contribution in [0.25, 0.3) is 21.9 Å². The van der Waals surface area contributed by atoms with Crippen LogP contribution in [0.5, 0.6) is 5.75 Å². The number of halogens is 2. The molecule has 11 heteroatoms. The predicted molar refractivity (Wildman–Crippen MR) is 138 cm³/mol. The molecule has 0 spiro atoms. The van der Waals surface area contributed by atoms with E-state index in [1.54, 1.807) is 12.1 Å². The molecule has 1 saturated heterocycles. The number of aryl methyl sites for hydroxylation is 1. The molecule has 0 bridgehead atoms. The molecular weight excluding hydrogens is 493 g/mol. The van der Waals surface area contributed by atoms with Gasteiger partial charge in [-0.15, -0.1) is 12.4 Å². The summed E-state index contributed by atoms with van der Waals surface area (Å²) < 4.78 is 3.12. The standard InChI is InChI=1S/C24H24ClN5O4.ClH/c1-28-19-15(8-9-16(21(19)31)23(33)34)18-20(22(28)32)30(11-13-5-2-3-7-17(13)25)24(27-18)29-10-4-6-14(26)12-29;/h2-3,5,7-9,14,31H,4,6,10-12,26H2,1H3,(H,33,34);1H/t14-;/m1./s1. The Hall–Kier alpha value is -3.27. The van der Waals surface area contributed by atoms with Crippen LogP contribution in [0.3, 0.4) is 0 Å². The van der Waals surface area contributed by atoms with Gasteiger partial charge in [-0.05, 0) is 36.6 Å². The van der Waals surface area contributed by atoms with Gasteiger partial charge in [0.2, 0.25) is 5.95 Å². The molecule has 9 nitrogen and oxygen atoms in total. The van der Waals surface area contributed by atoms with E-state index in [0.29, 0.717) is 40.5 Å². The smallest absolute Gasteiger partial charge is 0.339 e. The predicted octanol–water partition coefficient (Wildman–Crippen LogP) is 3.34. The molecule has 4 aromatic rings. The van der Waals surface area contributed by atoms with Gasteiger partial charge in [-0.25, -0.2) is 9.78 Å². The van der Waals surface area contributed by atoms with Gasteiger partial charge in [-0.3, -0.25) is 4.79 Å². The SMILES string of the molecule is Cl.Cn1c(=O)c2c(nc(N3CCC[C@@H](N)C3)n2Cc2ccccc2Cl)c2ccc(C(=O)O)c(O)c21. The van der Waals surface area contributed by atoms with Gasteiger partial charge in [0.25, 0.3) is 5.56 Å². The topological polar surface area (TPSA) is 127 Å². The second-order valence-electron chi connectivity index (χ2n) is 8.66. The van der Waals surface area contributed by atoms with Gasteiger partial charge in [-0.2, -0.15) is 0 Å². The number of carboxylic acid groups (broad SMARTS) is 1. The summed E-state index contributed by atoms with van der Waals surface area (Å²) >= 11 is 6.45. The number of aromatic hydroxyl groups is 1. The number of nitrogens with zero attached hydrogens (tertiary/aromatic N) is 4. The number of aromatic nitrogens is 3. The molecule has 5 rings (SSSR count). The second kappa shape index (κ2) is 9.41. The van der Waals surface area contributed by atoms with Crippen molar-refractivity contribution in [3.8, 4) is 5.75 Å². The molecule has 0 unspecified atom stereocenters. The first kappa shape index (κ1) is 24.8. The van der Waals surface area contributed by atoms with Gasteiger partial charge in [0.15, 0.2) is 5.75 Å². The zero-order valence-electron chi connectivity index (χ0n) is 18.9.